The zero-order valence-corrected chi connectivity index (χ0v) is 11.4. The monoisotopic (exact) mass is 270 g/mol. The van der Waals surface area contributed by atoms with E-state index in [2.05, 4.69) is 15.4 Å². The normalized spacial score (nSPS) is 14.5. The highest BCUT2D eigenvalue weighted by Gasteiger charge is 2.37. The van der Waals surface area contributed by atoms with Gasteiger partial charge in [-0.15, -0.1) is 0 Å². The van der Waals surface area contributed by atoms with E-state index in [-0.39, 0.29) is 6.54 Å². The highest BCUT2D eigenvalue weighted by atomic mass is 16.6. The molecular formula is C11H18N4O4. The number of ether oxygens (including phenoxy) is 1. The molecule has 0 saturated heterocycles. The van der Waals surface area contributed by atoms with Gasteiger partial charge < -0.3 is 15.2 Å². The van der Waals surface area contributed by atoms with Gasteiger partial charge in [-0.1, -0.05) is 0 Å². The zero-order chi connectivity index (χ0) is 14.7. The molecule has 1 heterocycles. The number of amides is 1. The fourth-order valence-electron chi connectivity index (χ4n) is 1.33. The summed E-state index contributed by atoms with van der Waals surface area (Å²) in [7, 11) is 0. The van der Waals surface area contributed by atoms with Crippen LogP contribution in [0.25, 0.3) is 0 Å². The Bertz CT molecular complexity index is 452. The Labute approximate surface area is 110 Å². The summed E-state index contributed by atoms with van der Waals surface area (Å²) in [4.78, 5) is 26.7. The average Bonchev–Trinajstić information content (AvgIpc) is 2.66. The highest BCUT2D eigenvalue weighted by molar-refractivity contribution is 5.83. The zero-order valence-electron chi connectivity index (χ0n) is 11.4. The average molecular weight is 270 g/mol. The molecule has 8 nitrogen and oxygen atoms in total. The van der Waals surface area contributed by atoms with Crippen LogP contribution in [0.4, 0.5) is 4.79 Å². The van der Waals surface area contributed by atoms with Crippen molar-refractivity contribution < 1.29 is 19.4 Å². The van der Waals surface area contributed by atoms with Crippen LogP contribution in [0.15, 0.2) is 12.7 Å². The third-order valence-electron chi connectivity index (χ3n) is 2.19. The number of aromatic nitrogens is 3. The van der Waals surface area contributed by atoms with Gasteiger partial charge in [-0.25, -0.2) is 14.6 Å². The van der Waals surface area contributed by atoms with Gasteiger partial charge in [0.05, 0.1) is 6.54 Å². The number of aliphatic carboxylic acids is 1. The van der Waals surface area contributed by atoms with Crippen molar-refractivity contribution in [3.63, 3.8) is 0 Å². The smallest absolute Gasteiger partial charge is 0.408 e. The standard InChI is InChI=1S/C11H18N4O4/c1-10(2,3)19-9(18)14-11(4,8(16)17)5-15-7-12-6-13-15/h6-7H,5H2,1-4H3,(H,14,18)(H,16,17). The second-order valence-electron chi connectivity index (χ2n) is 5.36. The molecule has 0 aliphatic heterocycles. The molecule has 19 heavy (non-hydrogen) atoms. The van der Waals surface area contributed by atoms with Gasteiger partial charge in [0.1, 0.15) is 18.3 Å². The van der Waals surface area contributed by atoms with Crippen LogP contribution in [-0.4, -0.2) is 43.1 Å². The summed E-state index contributed by atoms with van der Waals surface area (Å²) in [6, 6.07) is 0. The number of nitrogens with zero attached hydrogens (tertiary/aromatic N) is 3. The number of hydrogen-bond acceptors (Lipinski definition) is 5. The van der Waals surface area contributed by atoms with Gasteiger partial charge in [-0.05, 0) is 27.7 Å². The summed E-state index contributed by atoms with van der Waals surface area (Å²) in [6.45, 7) is 6.41. The van der Waals surface area contributed by atoms with Crippen LogP contribution in [0.2, 0.25) is 0 Å². The van der Waals surface area contributed by atoms with Crippen LogP contribution in [0, 0.1) is 0 Å². The Balaban J connectivity index is 2.77. The molecule has 2 N–H and O–H groups in total. The van der Waals surface area contributed by atoms with Crippen molar-refractivity contribution in [2.24, 2.45) is 0 Å². The maximum atomic E-state index is 11.7. The number of hydrogen-bond donors (Lipinski definition) is 2. The minimum atomic E-state index is -1.53. The largest absolute Gasteiger partial charge is 0.479 e. The van der Waals surface area contributed by atoms with E-state index < -0.39 is 23.2 Å². The Morgan fingerprint density at radius 2 is 2.00 bits per heavy atom. The molecule has 106 valence electrons. The summed E-state index contributed by atoms with van der Waals surface area (Å²) in [5.74, 6) is -1.19. The first-order chi connectivity index (χ1) is 8.62. The third-order valence-corrected chi connectivity index (χ3v) is 2.19. The number of carboxylic acids is 1. The van der Waals surface area contributed by atoms with Gasteiger partial charge in [0.15, 0.2) is 5.54 Å². The molecule has 0 saturated carbocycles. The van der Waals surface area contributed by atoms with Crippen molar-refractivity contribution in [2.75, 3.05) is 0 Å². The van der Waals surface area contributed by atoms with Gasteiger partial charge in [-0.3, -0.25) is 4.68 Å². The molecule has 0 aliphatic rings. The van der Waals surface area contributed by atoms with Gasteiger partial charge in [0.25, 0.3) is 0 Å². The van der Waals surface area contributed by atoms with E-state index in [4.69, 9.17) is 4.74 Å². The molecule has 1 atom stereocenters. The Hall–Kier alpha value is -2.12. The van der Waals surface area contributed by atoms with Crippen LogP contribution in [-0.2, 0) is 16.1 Å². The minimum Gasteiger partial charge on any atom is -0.479 e. The maximum Gasteiger partial charge on any atom is 0.408 e. The molecule has 1 aromatic rings. The Morgan fingerprint density at radius 3 is 2.42 bits per heavy atom. The third kappa shape index (κ3) is 4.57. The molecule has 0 spiro atoms. The Morgan fingerprint density at radius 1 is 1.37 bits per heavy atom. The molecule has 1 amide bonds. The van der Waals surface area contributed by atoms with E-state index in [9.17, 15) is 14.7 Å². The van der Waals surface area contributed by atoms with Crippen molar-refractivity contribution in [1.29, 1.82) is 0 Å². The topological polar surface area (TPSA) is 106 Å². The molecule has 1 aromatic heterocycles. The fourth-order valence-corrected chi connectivity index (χ4v) is 1.33. The predicted molar refractivity (Wildman–Crippen MR) is 65.4 cm³/mol. The van der Waals surface area contributed by atoms with Crippen LogP contribution in [0.1, 0.15) is 27.7 Å². The summed E-state index contributed by atoms with van der Waals surface area (Å²) in [5, 5.41) is 15.4. The summed E-state index contributed by atoms with van der Waals surface area (Å²) in [6.07, 6.45) is 1.87. The van der Waals surface area contributed by atoms with Crippen molar-refractivity contribution in [2.45, 2.75) is 45.4 Å². The van der Waals surface area contributed by atoms with Crippen LogP contribution in [0.3, 0.4) is 0 Å². The quantitative estimate of drug-likeness (QED) is 0.831. The maximum absolute atomic E-state index is 11.7. The van der Waals surface area contributed by atoms with Crippen molar-refractivity contribution >= 4 is 12.1 Å². The number of nitrogens with one attached hydrogen (secondary N) is 1. The molecular weight excluding hydrogens is 252 g/mol. The summed E-state index contributed by atoms with van der Waals surface area (Å²) >= 11 is 0. The van der Waals surface area contributed by atoms with E-state index in [1.807, 2.05) is 0 Å². The fraction of sp³-hybridized carbons (Fsp3) is 0.636. The molecule has 0 bridgehead atoms. The number of rotatable bonds is 4. The molecule has 0 aromatic carbocycles. The molecule has 0 aliphatic carbocycles. The second-order valence-corrected chi connectivity index (χ2v) is 5.36. The SMILES string of the molecule is CC(C)(C)OC(=O)NC(C)(Cn1cncn1)C(=O)O. The van der Waals surface area contributed by atoms with Gasteiger partial charge in [0.2, 0.25) is 0 Å². The van der Waals surface area contributed by atoms with E-state index in [1.54, 1.807) is 20.8 Å². The van der Waals surface area contributed by atoms with Gasteiger partial charge in [-0.2, -0.15) is 5.10 Å². The Kier molecular flexibility index (Phi) is 4.13. The van der Waals surface area contributed by atoms with E-state index in [0.29, 0.717) is 0 Å². The number of carboxylic acid groups (broad SMARTS) is 1. The lowest BCUT2D eigenvalue weighted by Gasteiger charge is -2.28. The first kappa shape index (κ1) is 14.9. The molecule has 8 heteroatoms. The van der Waals surface area contributed by atoms with Crippen molar-refractivity contribution in [1.82, 2.24) is 20.1 Å². The first-order valence-corrected chi connectivity index (χ1v) is 5.69. The number of carbonyl (C=O) groups excluding carboxylic acids is 1. The van der Waals surface area contributed by atoms with E-state index >= 15 is 0 Å². The highest BCUT2D eigenvalue weighted by Crippen LogP contribution is 2.11. The number of carbonyl (C=O) groups is 2. The van der Waals surface area contributed by atoms with Crippen LogP contribution < -0.4 is 5.32 Å². The van der Waals surface area contributed by atoms with Gasteiger partial charge in [0, 0.05) is 0 Å². The minimum absolute atomic E-state index is 0.0540. The lowest BCUT2D eigenvalue weighted by Crippen LogP contribution is -2.56. The molecule has 1 unspecified atom stereocenters. The lowest BCUT2D eigenvalue weighted by atomic mass is 10.0. The second kappa shape index (κ2) is 5.25. The summed E-state index contributed by atoms with van der Waals surface area (Å²) in [5.41, 5.74) is -2.23. The first-order valence-electron chi connectivity index (χ1n) is 5.69. The van der Waals surface area contributed by atoms with Crippen molar-refractivity contribution in [3.05, 3.63) is 12.7 Å². The van der Waals surface area contributed by atoms with E-state index in [0.717, 1.165) is 0 Å². The summed E-state index contributed by atoms with van der Waals surface area (Å²) < 4.78 is 6.37. The van der Waals surface area contributed by atoms with Crippen LogP contribution >= 0.6 is 0 Å². The molecule has 1 rings (SSSR count). The van der Waals surface area contributed by atoms with Gasteiger partial charge >= 0.3 is 12.1 Å². The molecule has 0 fully saturated rings. The van der Waals surface area contributed by atoms with Crippen LogP contribution in [0.5, 0.6) is 0 Å². The predicted octanol–water partition coefficient (Wildman–Crippen LogP) is 0.646. The number of alkyl carbamates (subject to hydrolysis) is 1. The van der Waals surface area contributed by atoms with E-state index in [1.165, 1.54) is 24.3 Å². The van der Waals surface area contributed by atoms with Crippen molar-refractivity contribution in [3.8, 4) is 0 Å². The lowest BCUT2D eigenvalue weighted by molar-refractivity contribution is -0.144. The molecule has 0 radical (unpaired) electrons.